The Morgan fingerprint density at radius 1 is 1.13 bits per heavy atom. The van der Waals surface area contributed by atoms with Crippen LogP contribution >= 0.6 is 0 Å². The van der Waals surface area contributed by atoms with E-state index in [2.05, 4.69) is 46.4 Å². The molecule has 7 atom stereocenters. The molecule has 3 aliphatic rings. The number of fused-ring (bicyclic) bond motifs is 1. The number of hydrogen-bond donors (Lipinski definition) is 3. The van der Waals surface area contributed by atoms with E-state index >= 15 is 0 Å². The minimum Gasteiger partial charge on any atom is -0.393 e. The van der Waals surface area contributed by atoms with Crippen molar-refractivity contribution in [2.45, 2.75) is 104 Å². The highest BCUT2D eigenvalue weighted by atomic mass is 16.3. The fraction of sp³-hybridized carbons (Fsp3) is 0.778. The summed E-state index contributed by atoms with van der Waals surface area (Å²) in [6.07, 6.45) is 12.4. The molecule has 0 radical (unpaired) electrons. The van der Waals surface area contributed by atoms with Crippen LogP contribution in [0.3, 0.4) is 0 Å². The first-order valence-electron chi connectivity index (χ1n) is 12.3. The van der Waals surface area contributed by atoms with Crippen molar-refractivity contribution < 1.29 is 15.3 Å². The van der Waals surface area contributed by atoms with E-state index in [4.69, 9.17) is 0 Å². The van der Waals surface area contributed by atoms with Gasteiger partial charge in [0.2, 0.25) is 0 Å². The van der Waals surface area contributed by atoms with Gasteiger partial charge in [0.25, 0.3) is 0 Å². The van der Waals surface area contributed by atoms with Crippen molar-refractivity contribution >= 4 is 0 Å². The Morgan fingerprint density at radius 2 is 1.87 bits per heavy atom. The third kappa shape index (κ3) is 4.95. The first kappa shape index (κ1) is 23.8. The summed E-state index contributed by atoms with van der Waals surface area (Å²) in [6, 6.07) is 0. The van der Waals surface area contributed by atoms with Gasteiger partial charge in [-0.15, -0.1) is 0 Å². The van der Waals surface area contributed by atoms with Crippen LogP contribution in [0, 0.1) is 29.1 Å². The smallest absolute Gasteiger partial charge is 0.0811 e. The summed E-state index contributed by atoms with van der Waals surface area (Å²) < 4.78 is 0. The van der Waals surface area contributed by atoms with Gasteiger partial charge in [-0.3, -0.25) is 0 Å². The average molecular weight is 417 g/mol. The van der Waals surface area contributed by atoms with Crippen molar-refractivity contribution in [2.75, 3.05) is 0 Å². The van der Waals surface area contributed by atoms with E-state index in [1.165, 1.54) is 25.7 Å². The molecule has 1 unspecified atom stereocenters. The first-order valence-corrected chi connectivity index (χ1v) is 12.3. The number of aliphatic hydroxyl groups excluding tert-OH is 3. The van der Waals surface area contributed by atoms with Crippen molar-refractivity contribution in [1.29, 1.82) is 0 Å². The molecule has 0 heterocycles. The largest absolute Gasteiger partial charge is 0.393 e. The van der Waals surface area contributed by atoms with Gasteiger partial charge in [-0.2, -0.15) is 0 Å². The molecule has 3 aliphatic carbocycles. The Labute approximate surface area is 184 Å². The molecule has 3 nitrogen and oxygen atoms in total. The molecule has 0 aromatic rings. The Bertz CT molecular complexity index is 676. The molecule has 3 heteroatoms. The first-order chi connectivity index (χ1) is 14.1. The molecule has 0 amide bonds. The normalized spacial score (nSPS) is 39.5. The molecule has 0 aliphatic heterocycles. The van der Waals surface area contributed by atoms with Crippen molar-refractivity contribution in [3.8, 4) is 0 Å². The lowest BCUT2D eigenvalue weighted by atomic mass is 9.60. The number of hydrogen-bond acceptors (Lipinski definition) is 3. The summed E-state index contributed by atoms with van der Waals surface area (Å²) in [5.41, 5.74) is 3.69. The SMILES string of the molecule is C=C1/C(=C\C=C2/CCC[C@]3(C)[C@@H]([C@H](C)CCC(O)C(C)C)CC[C@@H]23)C[C@@H](O)C[C@H]1O. The standard InChI is InChI=1S/C27H44O3/c1-17(2)25(29)13-8-18(3)23-11-12-24-20(7-6-14-27(23,24)5)9-10-21-15-22(28)16-26(30)19(21)4/h9-10,17-18,22-26,28-30H,4,6-8,11-16H2,1-3,5H3/b20-9+,21-10-/t18-,22-,23-,24+,25?,26-,27-/m1/s1. The van der Waals surface area contributed by atoms with Gasteiger partial charge in [0.1, 0.15) is 0 Å². The second kappa shape index (κ2) is 9.71. The van der Waals surface area contributed by atoms with Crippen LogP contribution in [0.5, 0.6) is 0 Å². The van der Waals surface area contributed by atoms with Crippen molar-refractivity contribution in [3.05, 3.63) is 35.5 Å². The summed E-state index contributed by atoms with van der Waals surface area (Å²) >= 11 is 0. The number of allylic oxidation sites excluding steroid dienone is 3. The maximum Gasteiger partial charge on any atom is 0.0811 e. The number of aliphatic hydroxyl groups is 3. The van der Waals surface area contributed by atoms with Gasteiger partial charge in [-0.05, 0) is 91.6 Å². The lowest BCUT2D eigenvalue weighted by Crippen LogP contribution is -2.36. The van der Waals surface area contributed by atoms with Crippen LogP contribution in [0.1, 0.15) is 85.5 Å². The van der Waals surface area contributed by atoms with Crippen LogP contribution in [0.25, 0.3) is 0 Å². The fourth-order valence-electron chi connectivity index (χ4n) is 6.65. The maximum atomic E-state index is 10.3. The van der Waals surface area contributed by atoms with Crippen molar-refractivity contribution in [2.24, 2.45) is 29.1 Å². The fourth-order valence-corrected chi connectivity index (χ4v) is 6.65. The average Bonchev–Trinajstić information content (AvgIpc) is 3.04. The van der Waals surface area contributed by atoms with Crippen LogP contribution in [0.2, 0.25) is 0 Å². The Kier molecular flexibility index (Phi) is 7.69. The van der Waals surface area contributed by atoms with Gasteiger partial charge in [-0.1, -0.05) is 52.0 Å². The Balaban J connectivity index is 1.72. The van der Waals surface area contributed by atoms with E-state index in [1.54, 1.807) is 5.57 Å². The van der Waals surface area contributed by atoms with Crippen LogP contribution in [-0.4, -0.2) is 33.6 Å². The van der Waals surface area contributed by atoms with Gasteiger partial charge in [0.05, 0.1) is 18.3 Å². The van der Waals surface area contributed by atoms with Crippen molar-refractivity contribution in [1.82, 2.24) is 0 Å². The lowest BCUT2D eigenvalue weighted by molar-refractivity contribution is 0.0717. The molecule has 3 rings (SSSR count). The predicted molar refractivity (Wildman–Crippen MR) is 124 cm³/mol. The van der Waals surface area contributed by atoms with Crippen LogP contribution in [0.15, 0.2) is 35.5 Å². The third-order valence-electron chi connectivity index (χ3n) is 8.68. The second-order valence-electron chi connectivity index (χ2n) is 11.0. The summed E-state index contributed by atoms with van der Waals surface area (Å²) in [5, 5.41) is 30.4. The van der Waals surface area contributed by atoms with Gasteiger partial charge in [0, 0.05) is 6.42 Å². The predicted octanol–water partition coefficient (Wildman–Crippen LogP) is 5.56. The quantitative estimate of drug-likeness (QED) is 0.531. The van der Waals surface area contributed by atoms with Crippen LogP contribution in [-0.2, 0) is 0 Å². The highest BCUT2D eigenvalue weighted by Gasteiger charge is 2.50. The molecule has 0 bridgehead atoms. The molecule has 0 saturated heterocycles. The molecule has 30 heavy (non-hydrogen) atoms. The minimum absolute atomic E-state index is 0.180. The minimum atomic E-state index is -0.618. The van der Waals surface area contributed by atoms with E-state index in [-0.39, 0.29) is 6.10 Å². The third-order valence-corrected chi connectivity index (χ3v) is 8.68. The monoisotopic (exact) mass is 416 g/mol. The van der Waals surface area contributed by atoms with Gasteiger partial charge >= 0.3 is 0 Å². The van der Waals surface area contributed by atoms with Gasteiger partial charge in [0.15, 0.2) is 0 Å². The molecule has 0 aromatic heterocycles. The van der Waals surface area contributed by atoms with E-state index in [0.717, 1.165) is 36.3 Å². The molecule has 0 aromatic carbocycles. The van der Waals surface area contributed by atoms with Gasteiger partial charge in [-0.25, -0.2) is 0 Å². The Hall–Kier alpha value is -0.900. The van der Waals surface area contributed by atoms with Crippen molar-refractivity contribution in [3.63, 3.8) is 0 Å². The summed E-state index contributed by atoms with van der Waals surface area (Å²) in [5.74, 6) is 2.35. The molecule has 170 valence electrons. The molecule has 0 spiro atoms. The zero-order valence-corrected chi connectivity index (χ0v) is 19.6. The van der Waals surface area contributed by atoms with Crippen LogP contribution in [0.4, 0.5) is 0 Å². The number of rotatable bonds is 6. The molecule has 3 fully saturated rings. The Morgan fingerprint density at radius 3 is 2.57 bits per heavy atom. The molecular formula is C27H44O3. The van der Waals surface area contributed by atoms with E-state index in [1.807, 2.05) is 0 Å². The second-order valence-corrected chi connectivity index (χ2v) is 11.0. The highest BCUT2D eigenvalue weighted by Crippen LogP contribution is 2.60. The van der Waals surface area contributed by atoms with E-state index < -0.39 is 12.2 Å². The molecule has 3 N–H and O–H groups in total. The summed E-state index contributed by atoms with van der Waals surface area (Å²) in [6.45, 7) is 13.2. The maximum absolute atomic E-state index is 10.3. The highest BCUT2D eigenvalue weighted by molar-refractivity contribution is 5.38. The summed E-state index contributed by atoms with van der Waals surface area (Å²) in [7, 11) is 0. The summed E-state index contributed by atoms with van der Waals surface area (Å²) in [4.78, 5) is 0. The van der Waals surface area contributed by atoms with E-state index in [9.17, 15) is 15.3 Å². The van der Waals surface area contributed by atoms with Crippen LogP contribution < -0.4 is 0 Å². The van der Waals surface area contributed by atoms with E-state index in [0.29, 0.717) is 36.0 Å². The van der Waals surface area contributed by atoms with Gasteiger partial charge < -0.3 is 15.3 Å². The zero-order chi connectivity index (χ0) is 22.1. The lowest BCUT2D eigenvalue weighted by Gasteiger charge is -2.44. The molecular weight excluding hydrogens is 372 g/mol. The zero-order valence-electron chi connectivity index (χ0n) is 19.6. The topological polar surface area (TPSA) is 60.7 Å². The molecule has 3 saturated carbocycles.